The van der Waals surface area contributed by atoms with Crippen LogP contribution in [0.1, 0.15) is 17.3 Å². The second kappa shape index (κ2) is 5.80. The zero-order chi connectivity index (χ0) is 12.3. The molecule has 0 aliphatic carbocycles. The summed E-state index contributed by atoms with van der Waals surface area (Å²) in [4.78, 5) is 4.28. The molecule has 17 heavy (non-hydrogen) atoms. The van der Waals surface area contributed by atoms with Crippen molar-refractivity contribution in [1.82, 2.24) is 4.98 Å². The molecule has 0 saturated carbocycles. The third-order valence-corrected chi connectivity index (χ3v) is 3.73. The van der Waals surface area contributed by atoms with Gasteiger partial charge in [0.15, 0.2) is 0 Å². The average molecular weight is 359 g/mol. The first-order valence-corrected chi connectivity index (χ1v) is 6.73. The van der Waals surface area contributed by atoms with E-state index >= 15 is 0 Å². The van der Waals surface area contributed by atoms with E-state index in [4.69, 9.17) is 17.3 Å². The van der Waals surface area contributed by atoms with Crippen molar-refractivity contribution < 1.29 is 0 Å². The number of benzene rings is 1. The molecule has 1 unspecified atom stereocenters. The van der Waals surface area contributed by atoms with Gasteiger partial charge in [0, 0.05) is 32.9 Å². The zero-order valence-corrected chi connectivity index (χ0v) is 12.0. The van der Waals surface area contributed by atoms with Crippen molar-refractivity contribution in [1.29, 1.82) is 0 Å². The van der Waals surface area contributed by atoms with Gasteiger partial charge in [-0.3, -0.25) is 4.98 Å². The van der Waals surface area contributed by atoms with Gasteiger partial charge in [-0.2, -0.15) is 0 Å². The largest absolute Gasteiger partial charge is 0.324 e. The number of hydrogen-bond acceptors (Lipinski definition) is 2. The van der Waals surface area contributed by atoms with Gasteiger partial charge in [-0.25, -0.2) is 0 Å². The zero-order valence-electron chi connectivity index (χ0n) is 9.11. The molecule has 0 fully saturated rings. The van der Waals surface area contributed by atoms with Gasteiger partial charge in [-0.15, -0.1) is 0 Å². The van der Waals surface area contributed by atoms with Crippen molar-refractivity contribution in [2.75, 3.05) is 0 Å². The Morgan fingerprint density at radius 1 is 1.29 bits per heavy atom. The molecule has 0 aliphatic heterocycles. The number of hydrogen-bond donors (Lipinski definition) is 1. The van der Waals surface area contributed by atoms with Crippen molar-refractivity contribution >= 4 is 34.2 Å². The van der Waals surface area contributed by atoms with Crippen LogP contribution in [0, 0.1) is 3.57 Å². The number of halogens is 2. The number of nitrogens with zero attached hydrogens (tertiary/aromatic N) is 1. The molecular weight excluding hydrogens is 347 g/mol. The van der Waals surface area contributed by atoms with Crippen molar-refractivity contribution in [3.63, 3.8) is 0 Å². The van der Waals surface area contributed by atoms with Gasteiger partial charge in [0.25, 0.3) is 0 Å². The summed E-state index contributed by atoms with van der Waals surface area (Å²) in [5, 5.41) is 0.719. The smallest absolute Gasteiger partial charge is 0.0422 e. The van der Waals surface area contributed by atoms with Gasteiger partial charge in [0.1, 0.15) is 0 Å². The molecular formula is C13H12ClIN2. The lowest BCUT2D eigenvalue weighted by Crippen LogP contribution is -2.15. The summed E-state index contributed by atoms with van der Waals surface area (Å²) in [5.41, 5.74) is 8.26. The molecule has 0 spiro atoms. The molecule has 1 aromatic carbocycles. The van der Waals surface area contributed by atoms with Crippen LogP contribution in [-0.2, 0) is 6.42 Å². The predicted octanol–water partition coefficient (Wildman–Crippen LogP) is 3.58. The number of aromatic nitrogens is 1. The van der Waals surface area contributed by atoms with E-state index in [2.05, 4.69) is 27.6 Å². The van der Waals surface area contributed by atoms with Crippen LogP contribution in [0.5, 0.6) is 0 Å². The average Bonchev–Trinajstić information content (AvgIpc) is 2.33. The Morgan fingerprint density at radius 2 is 2.12 bits per heavy atom. The Balaban J connectivity index is 2.20. The molecule has 2 aromatic rings. The molecule has 2 N–H and O–H groups in total. The van der Waals surface area contributed by atoms with E-state index in [1.54, 1.807) is 6.20 Å². The highest BCUT2D eigenvalue weighted by Crippen LogP contribution is 2.24. The maximum Gasteiger partial charge on any atom is 0.0422 e. The predicted molar refractivity (Wildman–Crippen MR) is 79.0 cm³/mol. The molecule has 88 valence electrons. The van der Waals surface area contributed by atoms with Crippen LogP contribution >= 0.6 is 34.2 Å². The maximum atomic E-state index is 6.19. The summed E-state index contributed by atoms with van der Waals surface area (Å²) >= 11 is 8.27. The minimum atomic E-state index is -0.0736. The topological polar surface area (TPSA) is 38.9 Å². The molecule has 0 aliphatic rings. The summed E-state index contributed by atoms with van der Waals surface area (Å²) in [7, 11) is 0. The number of nitrogens with two attached hydrogens (primary N) is 1. The molecule has 0 saturated heterocycles. The molecule has 1 aromatic heterocycles. The van der Waals surface area contributed by atoms with E-state index in [1.165, 1.54) is 0 Å². The monoisotopic (exact) mass is 358 g/mol. The Labute approximate surface area is 119 Å². The minimum Gasteiger partial charge on any atom is -0.324 e. The van der Waals surface area contributed by atoms with Gasteiger partial charge >= 0.3 is 0 Å². The lowest BCUT2D eigenvalue weighted by molar-refractivity contribution is 0.703. The molecule has 1 atom stereocenters. The van der Waals surface area contributed by atoms with Crippen molar-refractivity contribution in [3.05, 3.63) is 62.4 Å². The van der Waals surface area contributed by atoms with Gasteiger partial charge in [-0.1, -0.05) is 17.7 Å². The molecule has 2 nitrogen and oxygen atoms in total. The van der Waals surface area contributed by atoms with E-state index in [-0.39, 0.29) is 6.04 Å². The summed E-state index contributed by atoms with van der Waals surface area (Å²) < 4.78 is 1.13. The van der Waals surface area contributed by atoms with Crippen LogP contribution in [-0.4, -0.2) is 4.98 Å². The lowest BCUT2D eigenvalue weighted by atomic mass is 10.0. The highest BCUT2D eigenvalue weighted by molar-refractivity contribution is 14.1. The molecule has 1 heterocycles. The van der Waals surface area contributed by atoms with Crippen LogP contribution < -0.4 is 5.73 Å². The van der Waals surface area contributed by atoms with Gasteiger partial charge in [0.2, 0.25) is 0 Å². The standard InChI is InChI=1S/C13H12ClIN2/c14-9-4-5-12(15)11(7-9)13(16)8-10-3-1-2-6-17-10/h1-7,13H,8,16H2. The Hall–Kier alpha value is -0.650. The fraction of sp³-hybridized carbons (Fsp3) is 0.154. The van der Waals surface area contributed by atoms with Crippen LogP contribution in [0.25, 0.3) is 0 Å². The fourth-order valence-electron chi connectivity index (χ4n) is 1.65. The van der Waals surface area contributed by atoms with E-state index < -0.39 is 0 Å². The first kappa shape index (κ1) is 12.8. The number of rotatable bonds is 3. The lowest BCUT2D eigenvalue weighted by Gasteiger charge is -2.13. The van der Waals surface area contributed by atoms with E-state index in [1.807, 2.05) is 36.4 Å². The molecule has 0 radical (unpaired) electrons. The Morgan fingerprint density at radius 3 is 2.82 bits per heavy atom. The first-order chi connectivity index (χ1) is 8.16. The Bertz CT molecular complexity index is 502. The third kappa shape index (κ3) is 3.40. The highest BCUT2D eigenvalue weighted by Gasteiger charge is 2.11. The Kier molecular flexibility index (Phi) is 4.36. The fourth-order valence-corrected chi connectivity index (χ4v) is 2.57. The van der Waals surface area contributed by atoms with Crippen LogP contribution in [0.3, 0.4) is 0 Å². The third-order valence-electron chi connectivity index (χ3n) is 2.51. The summed E-state index contributed by atoms with van der Waals surface area (Å²) in [5.74, 6) is 0. The summed E-state index contributed by atoms with van der Waals surface area (Å²) in [6.07, 6.45) is 2.50. The van der Waals surface area contributed by atoms with E-state index in [0.717, 1.165) is 26.3 Å². The molecule has 0 amide bonds. The van der Waals surface area contributed by atoms with Gasteiger partial charge < -0.3 is 5.73 Å². The molecule has 4 heteroatoms. The van der Waals surface area contributed by atoms with E-state index in [9.17, 15) is 0 Å². The normalized spacial score (nSPS) is 12.4. The quantitative estimate of drug-likeness (QED) is 0.852. The van der Waals surface area contributed by atoms with Crippen molar-refractivity contribution in [3.8, 4) is 0 Å². The SMILES string of the molecule is NC(Cc1ccccn1)c1cc(Cl)ccc1I. The number of pyridine rings is 1. The highest BCUT2D eigenvalue weighted by atomic mass is 127. The molecule has 2 rings (SSSR count). The van der Waals surface area contributed by atoms with Crippen molar-refractivity contribution in [2.24, 2.45) is 5.73 Å². The van der Waals surface area contributed by atoms with Crippen LogP contribution in [0.4, 0.5) is 0 Å². The summed E-state index contributed by atoms with van der Waals surface area (Å²) in [6, 6.07) is 11.6. The minimum absolute atomic E-state index is 0.0736. The van der Waals surface area contributed by atoms with E-state index in [0.29, 0.717) is 0 Å². The van der Waals surface area contributed by atoms with Gasteiger partial charge in [0.05, 0.1) is 0 Å². The first-order valence-electron chi connectivity index (χ1n) is 5.27. The maximum absolute atomic E-state index is 6.19. The second-order valence-electron chi connectivity index (χ2n) is 3.80. The molecule has 0 bridgehead atoms. The van der Waals surface area contributed by atoms with Crippen LogP contribution in [0.15, 0.2) is 42.6 Å². The second-order valence-corrected chi connectivity index (χ2v) is 5.40. The van der Waals surface area contributed by atoms with Crippen LogP contribution in [0.2, 0.25) is 5.02 Å². The van der Waals surface area contributed by atoms with Crippen molar-refractivity contribution in [2.45, 2.75) is 12.5 Å². The summed E-state index contributed by atoms with van der Waals surface area (Å²) in [6.45, 7) is 0. The van der Waals surface area contributed by atoms with Gasteiger partial charge in [-0.05, 0) is 58.5 Å².